The topological polar surface area (TPSA) is 58.8 Å². The summed E-state index contributed by atoms with van der Waals surface area (Å²) in [5.74, 6) is 0.754. The molecule has 1 saturated heterocycles. The van der Waals surface area contributed by atoms with E-state index >= 15 is 0 Å². The summed E-state index contributed by atoms with van der Waals surface area (Å²) in [6, 6.07) is 17.9. The number of benzene rings is 2. The lowest BCUT2D eigenvalue weighted by Crippen LogP contribution is -2.39. The maximum Gasteiger partial charge on any atom is 0.254 e. The van der Waals surface area contributed by atoms with Crippen molar-refractivity contribution < 1.29 is 14.1 Å². The zero-order valence-corrected chi connectivity index (χ0v) is 19.1. The van der Waals surface area contributed by atoms with E-state index in [0.717, 1.165) is 47.8 Å². The Labute approximate surface area is 189 Å². The van der Waals surface area contributed by atoms with Crippen LogP contribution in [0.25, 0.3) is 11.3 Å². The van der Waals surface area contributed by atoms with Crippen molar-refractivity contribution in [1.29, 1.82) is 0 Å². The zero-order valence-electron chi connectivity index (χ0n) is 19.1. The number of carbonyl (C=O) groups excluding carboxylic acids is 1. The fourth-order valence-corrected chi connectivity index (χ4v) is 3.96. The number of aryl methyl sites for hydroxylation is 1. The summed E-state index contributed by atoms with van der Waals surface area (Å²) in [4.78, 5) is 17.7. The Kier molecular flexibility index (Phi) is 6.90. The SMILES string of the molecule is CC[C@H](C)N(Cc1c(-c2ccccc2)noc1N1CCOCC1)C(=O)c1ccc(C)cc1. The molecule has 2 aromatic carbocycles. The molecule has 168 valence electrons. The number of nitrogens with zero attached hydrogens (tertiary/aromatic N) is 3. The lowest BCUT2D eigenvalue weighted by molar-refractivity contribution is 0.0671. The van der Waals surface area contributed by atoms with Gasteiger partial charge in [0, 0.05) is 30.3 Å². The van der Waals surface area contributed by atoms with Gasteiger partial charge < -0.3 is 19.1 Å². The number of aromatic nitrogens is 1. The van der Waals surface area contributed by atoms with Gasteiger partial charge in [0.2, 0.25) is 5.88 Å². The minimum atomic E-state index is 0.0208. The van der Waals surface area contributed by atoms with Crippen LogP contribution in [0, 0.1) is 6.92 Å². The first-order valence-electron chi connectivity index (χ1n) is 11.3. The molecule has 1 fully saturated rings. The highest BCUT2D eigenvalue weighted by atomic mass is 16.5. The second-order valence-electron chi connectivity index (χ2n) is 8.34. The molecule has 0 N–H and O–H groups in total. The van der Waals surface area contributed by atoms with Crippen LogP contribution in [0.15, 0.2) is 59.1 Å². The van der Waals surface area contributed by atoms with Gasteiger partial charge in [-0.2, -0.15) is 0 Å². The van der Waals surface area contributed by atoms with Crippen LogP contribution in [0.5, 0.6) is 0 Å². The summed E-state index contributed by atoms with van der Waals surface area (Å²) in [6.45, 7) is 9.44. The van der Waals surface area contributed by atoms with Gasteiger partial charge in [-0.1, -0.05) is 60.1 Å². The fraction of sp³-hybridized carbons (Fsp3) is 0.385. The van der Waals surface area contributed by atoms with Gasteiger partial charge in [-0.15, -0.1) is 0 Å². The molecule has 0 spiro atoms. The Bertz CT molecular complexity index is 1020. The number of hydrogen-bond donors (Lipinski definition) is 0. The number of carbonyl (C=O) groups is 1. The maximum absolute atomic E-state index is 13.6. The van der Waals surface area contributed by atoms with Crippen molar-refractivity contribution in [3.05, 3.63) is 71.3 Å². The minimum Gasteiger partial charge on any atom is -0.378 e. The average Bonchev–Trinajstić information content (AvgIpc) is 3.27. The summed E-state index contributed by atoms with van der Waals surface area (Å²) in [5.41, 5.74) is 4.55. The van der Waals surface area contributed by atoms with E-state index in [1.165, 1.54) is 0 Å². The van der Waals surface area contributed by atoms with E-state index < -0.39 is 0 Å². The lowest BCUT2D eigenvalue weighted by Gasteiger charge is -2.31. The van der Waals surface area contributed by atoms with Crippen LogP contribution in [0.3, 0.4) is 0 Å². The smallest absolute Gasteiger partial charge is 0.254 e. The Morgan fingerprint density at radius 3 is 2.44 bits per heavy atom. The average molecular weight is 434 g/mol. The van der Waals surface area contributed by atoms with Crippen molar-refractivity contribution in [1.82, 2.24) is 10.1 Å². The molecule has 32 heavy (non-hydrogen) atoms. The largest absolute Gasteiger partial charge is 0.378 e. The summed E-state index contributed by atoms with van der Waals surface area (Å²) in [5, 5.41) is 4.45. The Hall–Kier alpha value is -3.12. The zero-order chi connectivity index (χ0) is 22.5. The van der Waals surface area contributed by atoms with Crippen molar-refractivity contribution in [2.75, 3.05) is 31.2 Å². The summed E-state index contributed by atoms with van der Waals surface area (Å²) in [6.07, 6.45) is 0.858. The summed E-state index contributed by atoms with van der Waals surface area (Å²) >= 11 is 0. The molecule has 3 aromatic rings. The van der Waals surface area contributed by atoms with E-state index in [0.29, 0.717) is 25.3 Å². The number of rotatable bonds is 7. The van der Waals surface area contributed by atoms with Crippen LogP contribution < -0.4 is 4.90 Å². The summed E-state index contributed by atoms with van der Waals surface area (Å²) < 4.78 is 11.4. The predicted molar refractivity (Wildman–Crippen MR) is 126 cm³/mol. The van der Waals surface area contributed by atoms with E-state index in [4.69, 9.17) is 9.26 Å². The van der Waals surface area contributed by atoms with Gasteiger partial charge in [-0.05, 0) is 32.4 Å². The molecule has 6 heteroatoms. The quantitative estimate of drug-likeness (QED) is 0.529. The molecule has 0 aliphatic carbocycles. The number of hydrogen-bond acceptors (Lipinski definition) is 5. The van der Waals surface area contributed by atoms with Gasteiger partial charge in [0.25, 0.3) is 5.91 Å². The van der Waals surface area contributed by atoms with E-state index in [1.54, 1.807) is 0 Å². The van der Waals surface area contributed by atoms with Crippen molar-refractivity contribution in [3.63, 3.8) is 0 Å². The third-order valence-electron chi connectivity index (χ3n) is 6.12. The highest BCUT2D eigenvalue weighted by molar-refractivity contribution is 5.94. The third-order valence-corrected chi connectivity index (χ3v) is 6.12. The number of amides is 1. The maximum atomic E-state index is 13.6. The van der Waals surface area contributed by atoms with E-state index in [-0.39, 0.29) is 11.9 Å². The minimum absolute atomic E-state index is 0.0208. The Morgan fingerprint density at radius 2 is 1.78 bits per heavy atom. The fourth-order valence-electron chi connectivity index (χ4n) is 3.96. The molecule has 1 amide bonds. The monoisotopic (exact) mass is 433 g/mol. The molecule has 4 rings (SSSR count). The highest BCUT2D eigenvalue weighted by Crippen LogP contribution is 2.34. The lowest BCUT2D eigenvalue weighted by atomic mass is 10.0. The molecular weight excluding hydrogens is 402 g/mol. The van der Waals surface area contributed by atoms with Crippen LogP contribution >= 0.6 is 0 Å². The molecule has 1 aliphatic heterocycles. The van der Waals surface area contributed by atoms with Gasteiger partial charge in [-0.25, -0.2) is 0 Å². The standard InChI is InChI=1S/C26H31N3O3/c1-4-20(3)29(25(30)22-12-10-19(2)11-13-22)18-23-24(21-8-6-5-7-9-21)27-32-26(23)28-14-16-31-17-15-28/h5-13,20H,4,14-18H2,1-3H3/t20-/m0/s1. The predicted octanol–water partition coefficient (Wildman–Crippen LogP) is 4.93. The van der Waals surface area contributed by atoms with Crippen molar-refractivity contribution in [2.45, 2.75) is 39.8 Å². The molecule has 2 heterocycles. The van der Waals surface area contributed by atoms with Crippen LogP contribution in [0.4, 0.5) is 5.88 Å². The van der Waals surface area contributed by atoms with Gasteiger partial charge in [0.1, 0.15) is 5.69 Å². The Balaban J connectivity index is 1.73. The first-order valence-corrected chi connectivity index (χ1v) is 11.3. The molecule has 0 radical (unpaired) electrons. The summed E-state index contributed by atoms with van der Waals surface area (Å²) in [7, 11) is 0. The van der Waals surface area contributed by atoms with Crippen molar-refractivity contribution in [2.24, 2.45) is 0 Å². The number of ether oxygens (including phenoxy) is 1. The van der Waals surface area contributed by atoms with Gasteiger partial charge in [0.15, 0.2) is 0 Å². The normalized spacial score (nSPS) is 14.9. The molecule has 0 bridgehead atoms. The second kappa shape index (κ2) is 10.0. The molecule has 0 saturated carbocycles. The van der Waals surface area contributed by atoms with Gasteiger partial charge in [0.05, 0.1) is 25.3 Å². The van der Waals surface area contributed by atoms with E-state index in [9.17, 15) is 4.79 Å². The molecule has 1 atom stereocenters. The van der Waals surface area contributed by atoms with E-state index in [1.807, 2.05) is 66.4 Å². The van der Waals surface area contributed by atoms with E-state index in [2.05, 4.69) is 23.9 Å². The first-order chi connectivity index (χ1) is 15.6. The van der Waals surface area contributed by atoms with Crippen LogP contribution in [-0.4, -0.2) is 48.3 Å². The van der Waals surface area contributed by atoms with Gasteiger partial charge >= 0.3 is 0 Å². The molecule has 0 unspecified atom stereocenters. The first kappa shape index (κ1) is 22.1. The van der Waals surface area contributed by atoms with Crippen molar-refractivity contribution >= 4 is 11.8 Å². The van der Waals surface area contributed by atoms with Gasteiger partial charge in [-0.3, -0.25) is 4.79 Å². The number of morpholine rings is 1. The van der Waals surface area contributed by atoms with Crippen molar-refractivity contribution in [3.8, 4) is 11.3 Å². The molecule has 1 aromatic heterocycles. The highest BCUT2D eigenvalue weighted by Gasteiger charge is 2.29. The second-order valence-corrected chi connectivity index (χ2v) is 8.34. The molecular formula is C26H31N3O3. The van der Waals surface area contributed by atoms with Crippen LogP contribution in [-0.2, 0) is 11.3 Å². The molecule has 1 aliphatic rings. The molecule has 6 nitrogen and oxygen atoms in total. The van der Waals surface area contributed by atoms with Crippen LogP contribution in [0.1, 0.15) is 41.8 Å². The Morgan fingerprint density at radius 1 is 1.09 bits per heavy atom. The van der Waals surface area contributed by atoms with Crippen LogP contribution in [0.2, 0.25) is 0 Å². The third kappa shape index (κ3) is 4.70. The number of anilines is 1.